The van der Waals surface area contributed by atoms with E-state index in [2.05, 4.69) is 52.8 Å². The van der Waals surface area contributed by atoms with E-state index in [1.807, 2.05) is 6.92 Å². The van der Waals surface area contributed by atoms with Gasteiger partial charge in [0.1, 0.15) is 5.84 Å². The number of amidine groups is 1. The Morgan fingerprint density at radius 2 is 1.95 bits per heavy atom. The van der Waals surface area contributed by atoms with Crippen LogP contribution in [0, 0.1) is 0 Å². The van der Waals surface area contributed by atoms with Crippen LogP contribution in [0.2, 0.25) is 0 Å². The second-order valence-corrected chi connectivity index (χ2v) is 4.47. The second kappa shape index (κ2) is 8.93. The smallest absolute Gasteiger partial charge is 0.150 e. The summed E-state index contributed by atoms with van der Waals surface area (Å²) in [5.41, 5.74) is 8.29. The monoisotopic (exact) mass is 270 g/mol. The van der Waals surface area contributed by atoms with Crippen LogP contribution in [0.1, 0.15) is 24.5 Å². The van der Waals surface area contributed by atoms with Gasteiger partial charge in [0.25, 0.3) is 0 Å². The SMILES string of the molecule is C=CC(N)Cc1ccc(CC/C(N=C)=N/N=C\C)cc1. The molecule has 1 unspecified atom stereocenters. The molecule has 4 heteroatoms. The highest BCUT2D eigenvalue weighted by Crippen LogP contribution is 2.09. The Balaban J connectivity index is 2.57. The van der Waals surface area contributed by atoms with Crippen molar-refractivity contribution in [1.29, 1.82) is 0 Å². The van der Waals surface area contributed by atoms with Crippen molar-refractivity contribution < 1.29 is 0 Å². The van der Waals surface area contributed by atoms with Crippen molar-refractivity contribution in [2.75, 3.05) is 0 Å². The second-order valence-electron chi connectivity index (χ2n) is 4.47. The van der Waals surface area contributed by atoms with E-state index < -0.39 is 0 Å². The summed E-state index contributed by atoms with van der Waals surface area (Å²) in [7, 11) is 0. The van der Waals surface area contributed by atoms with Crippen molar-refractivity contribution >= 4 is 18.8 Å². The number of hydrogen-bond acceptors (Lipinski definition) is 3. The topological polar surface area (TPSA) is 63.1 Å². The third kappa shape index (κ3) is 5.71. The van der Waals surface area contributed by atoms with Crippen LogP contribution in [0.15, 0.2) is 52.1 Å². The van der Waals surface area contributed by atoms with Gasteiger partial charge in [0.15, 0.2) is 0 Å². The lowest BCUT2D eigenvalue weighted by Gasteiger charge is -2.07. The maximum atomic E-state index is 5.84. The summed E-state index contributed by atoms with van der Waals surface area (Å²) in [6.07, 6.45) is 5.80. The van der Waals surface area contributed by atoms with Gasteiger partial charge >= 0.3 is 0 Å². The zero-order valence-electron chi connectivity index (χ0n) is 12.0. The molecule has 0 amide bonds. The third-order valence-electron chi connectivity index (χ3n) is 2.91. The van der Waals surface area contributed by atoms with E-state index >= 15 is 0 Å². The molecule has 0 bridgehead atoms. The van der Waals surface area contributed by atoms with Crippen LogP contribution in [-0.4, -0.2) is 24.8 Å². The van der Waals surface area contributed by atoms with Gasteiger partial charge in [-0.15, -0.1) is 11.7 Å². The van der Waals surface area contributed by atoms with Crippen molar-refractivity contribution in [3.05, 3.63) is 48.0 Å². The Morgan fingerprint density at radius 3 is 2.50 bits per heavy atom. The van der Waals surface area contributed by atoms with E-state index in [4.69, 9.17) is 5.73 Å². The minimum Gasteiger partial charge on any atom is -0.324 e. The van der Waals surface area contributed by atoms with Crippen LogP contribution >= 0.6 is 0 Å². The van der Waals surface area contributed by atoms with Gasteiger partial charge < -0.3 is 5.73 Å². The van der Waals surface area contributed by atoms with Crippen LogP contribution in [0.5, 0.6) is 0 Å². The molecule has 0 fully saturated rings. The summed E-state index contributed by atoms with van der Waals surface area (Å²) in [6, 6.07) is 8.42. The van der Waals surface area contributed by atoms with E-state index in [-0.39, 0.29) is 6.04 Å². The molecule has 1 aromatic rings. The Kier molecular flexibility index (Phi) is 7.14. The molecule has 1 aromatic carbocycles. The first-order valence-corrected chi connectivity index (χ1v) is 6.66. The summed E-state index contributed by atoms with van der Waals surface area (Å²) in [4.78, 5) is 3.87. The fraction of sp³-hybridized carbons (Fsp3) is 0.312. The minimum absolute atomic E-state index is 0.0106. The molecule has 0 aliphatic rings. The van der Waals surface area contributed by atoms with Gasteiger partial charge in [-0.25, -0.2) is 4.99 Å². The molecule has 0 aromatic heterocycles. The summed E-state index contributed by atoms with van der Waals surface area (Å²) in [5.74, 6) is 0.654. The Hall–Kier alpha value is -2.07. The van der Waals surface area contributed by atoms with Crippen LogP contribution in [0.4, 0.5) is 0 Å². The molecule has 1 rings (SSSR count). The van der Waals surface area contributed by atoms with Gasteiger partial charge in [0, 0.05) is 18.7 Å². The number of aryl methyl sites for hydroxylation is 1. The molecule has 0 saturated carbocycles. The van der Waals surface area contributed by atoms with E-state index in [0.29, 0.717) is 5.84 Å². The quantitative estimate of drug-likeness (QED) is 0.352. The van der Waals surface area contributed by atoms with Crippen molar-refractivity contribution in [2.24, 2.45) is 20.9 Å². The van der Waals surface area contributed by atoms with Gasteiger partial charge in [-0.1, -0.05) is 30.3 Å². The molecule has 0 saturated heterocycles. The number of benzene rings is 1. The lowest BCUT2D eigenvalue weighted by atomic mass is 10.0. The molecule has 0 spiro atoms. The number of nitrogens with two attached hydrogens (primary N) is 1. The highest BCUT2D eigenvalue weighted by atomic mass is 15.2. The molecule has 0 aliphatic carbocycles. The van der Waals surface area contributed by atoms with Gasteiger partial charge in [0.2, 0.25) is 0 Å². The van der Waals surface area contributed by atoms with Gasteiger partial charge in [-0.3, -0.25) is 0 Å². The van der Waals surface area contributed by atoms with E-state index in [1.54, 1.807) is 12.3 Å². The lowest BCUT2D eigenvalue weighted by Crippen LogP contribution is -2.19. The van der Waals surface area contributed by atoms with Crippen molar-refractivity contribution in [2.45, 2.75) is 32.2 Å². The fourth-order valence-corrected chi connectivity index (χ4v) is 1.74. The molecular formula is C16H22N4. The zero-order valence-corrected chi connectivity index (χ0v) is 12.0. The Morgan fingerprint density at radius 1 is 1.30 bits per heavy atom. The van der Waals surface area contributed by atoms with Crippen molar-refractivity contribution in [1.82, 2.24) is 0 Å². The molecule has 4 nitrogen and oxygen atoms in total. The van der Waals surface area contributed by atoms with E-state index in [9.17, 15) is 0 Å². The van der Waals surface area contributed by atoms with Gasteiger partial charge in [-0.2, -0.15) is 5.10 Å². The largest absolute Gasteiger partial charge is 0.324 e. The molecule has 2 N–H and O–H groups in total. The number of aliphatic imine (C=N–C) groups is 1. The third-order valence-corrected chi connectivity index (χ3v) is 2.91. The molecule has 0 heterocycles. The summed E-state index contributed by atoms with van der Waals surface area (Å²) >= 11 is 0. The molecule has 20 heavy (non-hydrogen) atoms. The standard InChI is InChI=1S/C16H22N4/c1-4-15(17)12-14-8-6-13(7-9-14)10-11-16(18-3)20-19-5-2/h4-9,15H,1,3,10-12,17H2,2H3/b19-5-,20-16-. The number of nitrogens with zero attached hydrogens (tertiary/aromatic N) is 3. The maximum Gasteiger partial charge on any atom is 0.150 e. The highest BCUT2D eigenvalue weighted by molar-refractivity contribution is 5.86. The Labute approximate surface area is 120 Å². The first-order valence-electron chi connectivity index (χ1n) is 6.66. The normalized spacial score (nSPS) is 13.4. The van der Waals surface area contributed by atoms with Crippen molar-refractivity contribution in [3.63, 3.8) is 0 Å². The molecule has 106 valence electrons. The minimum atomic E-state index is 0.0106. The van der Waals surface area contributed by atoms with Gasteiger partial charge in [0.05, 0.1) is 0 Å². The maximum absolute atomic E-state index is 5.84. The van der Waals surface area contributed by atoms with Crippen LogP contribution in [0.3, 0.4) is 0 Å². The molecule has 1 atom stereocenters. The summed E-state index contributed by atoms with van der Waals surface area (Å²) < 4.78 is 0. The number of rotatable bonds is 7. The predicted molar refractivity (Wildman–Crippen MR) is 87.8 cm³/mol. The molecule has 0 radical (unpaired) electrons. The van der Waals surface area contributed by atoms with Gasteiger partial charge in [-0.05, 0) is 37.6 Å². The first kappa shape index (κ1) is 16.0. The predicted octanol–water partition coefficient (Wildman–Crippen LogP) is 2.78. The highest BCUT2D eigenvalue weighted by Gasteiger charge is 2.01. The number of hydrogen-bond donors (Lipinski definition) is 1. The molecular weight excluding hydrogens is 248 g/mol. The lowest BCUT2D eigenvalue weighted by molar-refractivity contribution is 0.811. The first-order chi connectivity index (χ1) is 9.69. The van der Waals surface area contributed by atoms with Crippen molar-refractivity contribution in [3.8, 4) is 0 Å². The summed E-state index contributed by atoms with van der Waals surface area (Å²) in [5, 5.41) is 7.79. The fourth-order valence-electron chi connectivity index (χ4n) is 1.74. The Bertz CT molecular complexity index is 486. The van der Waals surface area contributed by atoms with E-state index in [1.165, 1.54) is 11.1 Å². The molecule has 0 aliphatic heterocycles. The average Bonchev–Trinajstić information content (AvgIpc) is 2.49. The summed E-state index contributed by atoms with van der Waals surface area (Å²) in [6.45, 7) is 9.01. The van der Waals surface area contributed by atoms with Crippen LogP contribution in [-0.2, 0) is 12.8 Å². The zero-order chi connectivity index (χ0) is 14.8. The van der Waals surface area contributed by atoms with Crippen LogP contribution in [0.25, 0.3) is 0 Å². The van der Waals surface area contributed by atoms with E-state index in [0.717, 1.165) is 19.3 Å². The van der Waals surface area contributed by atoms with Crippen LogP contribution < -0.4 is 5.73 Å². The average molecular weight is 270 g/mol.